The number of nitrogens with one attached hydrogen (secondary N) is 2. The molecule has 144 valence electrons. The predicted octanol–water partition coefficient (Wildman–Crippen LogP) is 2.44. The smallest absolute Gasteiger partial charge is 0.438 e. The molecule has 0 aliphatic carbocycles. The molecular weight excluding hydrogens is 390 g/mol. The van der Waals surface area contributed by atoms with Crippen molar-refractivity contribution in [3.8, 4) is 11.8 Å². The summed E-state index contributed by atoms with van der Waals surface area (Å²) >= 11 is 4.77. The van der Waals surface area contributed by atoms with Crippen LogP contribution in [0.3, 0.4) is 0 Å². The number of hydrogen-bond acceptors (Lipinski definition) is 5. The monoisotopic (exact) mass is 406 g/mol. The maximum atomic E-state index is 12.4. The van der Waals surface area contributed by atoms with E-state index in [9.17, 15) is 14.4 Å². The minimum Gasteiger partial charge on any atom is -0.459 e. The van der Waals surface area contributed by atoms with E-state index >= 15 is 0 Å². The van der Waals surface area contributed by atoms with Crippen LogP contribution in [0.4, 0.5) is 5.69 Å². The summed E-state index contributed by atoms with van der Waals surface area (Å²) in [4.78, 5) is 39.4. The van der Waals surface area contributed by atoms with Gasteiger partial charge in [0.1, 0.15) is 0 Å². The number of furan rings is 1. The van der Waals surface area contributed by atoms with E-state index < -0.39 is 11.3 Å². The number of pyridine rings is 1. The molecule has 1 aromatic carbocycles. The molecule has 0 unspecified atom stereocenters. The van der Waals surface area contributed by atoms with Gasteiger partial charge in [-0.2, -0.15) is 0 Å². The number of amides is 2. The van der Waals surface area contributed by atoms with Gasteiger partial charge in [0.05, 0.1) is 11.8 Å². The van der Waals surface area contributed by atoms with E-state index in [4.69, 9.17) is 16.8 Å². The van der Waals surface area contributed by atoms with Crippen LogP contribution < -0.4 is 10.7 Å². The van der Waals surface area contributed by atoms with E-state index in [-0.39, 0.29) is 22.8 Å². The number of anilines is 1. The zero-order chi connectivity index (χ0) is 21.0. The summed E-state index contributed by atoms with van der Waals surface area (Å²) in [5.74, 6) is 4.90. The van der Waals surface area contributed by atoms with E-state index in [2.05, 4.69) is 22.1 Å². The fourth-order valence-corrected chi connectivity index (χ4v) is 2.61. The summed E-state index contributed by atoms with van der Waals surface area (Å²) < 4.78 is 6.09. The Morgan fingerprint density at radius 2 is 2.00 bits per heavy atom. The molecule has 3 rings (SSSR count). The van der Waals surface area contributed by atoms with Gasteiger partial charge >= 0.3 is 5.91 Å². The van der Waals surface area contributed by atoms with Crippen molar-refractivity contribution in [2.75, 3.05) is 12.4 Å². The van der Waals surface area contributed by atoms with Crippen LogP contribution in [-0.2, 0) is 12.4 Å². The zero-order valence-corrected chi connectivity index (χ0v) is 16.4. The quantitative estimate of drug-likeness (QED) is 0.515. The molecule has 3 aromatic rings. The minimum atomic E-state index is -0.581. The number of benzene rings is 1. The highest BCUT2D eigenvalue weighted by Gasteiger charge is 2.21. The van der Waals surface area contributed by atoms with Gasteiger partial charge in [0.15, 0.2) is 18.4 Å². The lowest BCUT2D eigenvalue weighted by atomic mass is 10.1. The van der Waals surface area contributed by atoms with Gasteiger partial charge in [-0.05, 0) is 31.2 Å². The summed E-state index contributed by atoms with van der Waals surface area (Å²) in [5.41, 5.74) is 1.39. The average Bonchev–Trinajstić information content (AvgIpc) is 3.13. The molecular formula is C21H16N3O4S+. The van der Waals surface area contributed by atoms with Gasteiger partial charge in [-0.25, -0.2) is 4.79 Å². The lowest BCUT2D eigenvalue weighted by Crippen LogP contribution is -2.23. The summed E-state index contributed by atoms with van der Waals surface area (Å²) in [6.45, 7) is 1.78. The van der Waals surface area contributed by atoms with E-state index in [0.717, 1.165) is 9.51 Å². The number of hydrogen-bond donors (Lipinski definition) is 2. The Balaban J connectivity index is 1.85. The maximum Gasteiger partial charge on any atom is 0.438 e. The van der Waals surface area contributed by atoms with Crippen molar-refractivity contribution in [3.05, 3.63) is 87.2 Å². The van der Waals surface area contributed by atoms with E-state index in [0.29, 0.717) is 11.3 Å². The Morgan fingerprint density at radius 3 is 2.69 bits per heavy atom. The van der Waals surface area contributed by atoms with Crippen LogP contribution in [0.25, 0.3) is 0 Å². The number of H-pyrrole nitrogens is 1. The van der Waals surface area contributed by atoms with Crippen LogP contribution in [0.2, 0.25) is 0 Å². The molecule has 0 saturated carbocycles. The molecule has 0 bridgehead atoms. The molecule has 2 aromatic heterocycles. The SMILES string of the molecule is Cc1ccoc1C(=O)Nc1cccc(C#Cc2c[nH]cc(C(=O)[N+](C)=S)c2=O)c1. The molecule has 0 fully saturated rings. The van der Waals surface area contributed by atoms with Gasteiger partial charge in [-0.15, -0.1) is 0 Å². The number of nitrogens with zero attached hydrogens (tertiary/aromatic N) is 1. The largest absolute Gasteiger partial charge is 0.459 e. The number of aromatic amines is 1. The van der Waals surface area contributed by atoms with E-state index in [1.165, 1.54) is 25.7 Å². The minimum absolute atomic E-state index is 0.0795. The van der Waals surface area contributed by atoms with Crippen molar-refractivity contribution < 1.29 is 18.0 Å². The third-order valence-corrected chi connectivity index (χ3v) is 4.16. The van der Waals surface area contributed by atoms with Crippen molar-refractivity contribution >= 4 is 29.9 Å². The first-order valence-corrected chi connectivity index (χ1v) is 8.87. The number of aromatic nitrogens is 1. The van der Waals surface area contributed by atoms with Crippen molar-refractivity contribution in [1.82, 2.24) is 4.98 Å². The summed E-state index contributed by atoms with van der Waals surface area (Å²) in [5, 5.41) is 2.74. The van der Waals surface area contributed by atoms with Gasteiger partial charge in [-0.3, -0.25) is 9.59 Å². The topological polar surface area (TPSA) is 95.2 Å². The Morgan fingerprint density at radius 1 is 1.21 bits per heavy atom. The first kappa shape index (κ1) is 19.9. The lowest BCUT2D eigenvalue weighted by molar-refractivity contribution is -0.362. The normalized spacial score (nSPS) is 10.0. The zero-order valence-electron chi connectivity index (χ0n) is 15.6. The molecule has 0 radical (unpaired) electrons. The standard InChI is InChI=1S/C21H15N3O4S/c1-13-8-9-28-19(13)20(26)23-16-5-3-4-14(10-16)6-7-15-11-22-12-17(18(15)25)21(27)24(2)29/h3-5,8-12H,1-2H3,(H-,22,23,25,26,27)/p+1. The molecule has 0 aliphatic rings. The Bertz CT molecular complexity index is 1240. The molecule has 7 nitrogen and oxygen atoms in total. The van der Waals surface area contributed by atoms with Gasteiger partial charge < -0.3 is 14.7 Å². The van der Waals surface area contributed by atoms with Gasteiger partial charge in [0.2, 0.25) is 5.43 Å². The van der Waals surface area contributed by atoms with Crippen LogP contribution in [0.15, 0.2) is 58.2 Å². The fourth-order valence-electron chi connectivity index (χ4n) is 2.51. The second kappa shape index (κ2) is 8.46. The van der Waals surface area contributed by atoms with Crippen molar-refractivity contribution in [3.63, 3.8) is 0 Å². The molecule has 0 atom stereocenters. The fraction of sp³-hybridized carbons (Fsp3) is 0.0952. The average molecular weight is 406 g/mol. The van der Waals surface area contributed by atoms with Crippen molar-refractivity contribution in [1.29, 1.82) is 0 Å². The molecule has 0 aliphatic heterocycles. The summed E-state index contributed by atoms with van der Waals surface area (Å²) in [7, 11) is 1.39. The molecule has 2 heterocycles. The predicted molar refractivity (Wildman–Crippen MR) is 109 cm³/mol. The summed E-state index contributed by atoms with van der Waals surface area (Å²) in [6.07, 6.45) is 4.17. The molecule has 2 amide bonds. The van der Waals surface area contributed by atoms with Gasteiger partial charge in [-0.1, -0.05) is 21.9 Å². The molecule has 0 spiro atoms. The third kappa shape index (κ3) is 4.54. The van der Waals surface area contributed by atoms with Crippen molar-refractivity contribution in [2.24, 2.45) is 0 Å². The molecule has 2 N–H and O–H groups in total. The van der Waals surface area contributed by atoms with Crippen LogP contribution in [0, 0.1) is 18.8 Å². The summed E-state index contributed by atoms with van der Waals surface area (Å²) in [6, 6.07) is 8.55. The van der Waals surface area contributed by atoms with Crippen LogP contribution in [0.1, 0.15) is 37.6 Å². The highest BCUT2D eigenvalue weighted by atomic mass is 32.1. The van der Waals surface area contributed by atoms with E-state index in [1.807, 2.05) is 0 Å². The van der Waals surface area contributed by atoms with Gasteiger partial charge in [0, 0.05) is 29.2 Å². The van der Waals surface area contributed by atoms with Crippen molar-refractivity contribution in [2.45, 2.75) is 6.92 Å². The highest BCUT2D eigenvalue weighted by Crippen LogP contribution is 2.14. The number of rotatable bonds is 3. The molecule has 29 heavy (non-hydrogen) atoms. The van der Waals surface area contributed by atoms with Crippen LogP contribution in [0.5, 0.6) is 0 Å². The second-order valence-corrected chi connectivity index (χ2v) is 6.68. The first-order chi connectivity index (χ1) is 13.9. The van der Waals surface area contributed by atoms with Crippen LogP contribution in [-0.4, -0.2) is 27.8 Å². The lowest BCUT2D eigenvalue weighted by Gasteiger charge is -2.04. The number of carbonyl (C=O) groups excluding carboxylic acids is 2. The number of aryl methyl sites for hydroxylation is 1. The number of carbonyl (C=O) groups is 2. The molecule has 0 saturated heterocycles. The highest BCUT2D eigenvalue weighted by molar-refractivity contribution is 7.44. The Kier molecular flexibility index (Phi) is 5.81. The Hall–Kier alpha value is -3.83. The second-order valence-electron chi connectivity index (χ2n) is 6.13. The maximum absolute atomic E-state index is 12.4. The first-order valence-electron chi connectivity index (χ1n) is 8.50. The molecule has 8 heteroatoms. The Labute approximate surface area is 171 Å². The van der Waals surface area contributed by atoms with Gasteiger partial charge in [0.25, 0.3) is 18.3 Å². The van der Waals surface area contributed by atoms with E-state index in [1.54, 1.807) is 37.3 Å². The van der Waals surface area contributed by atoms with Crippen LogP contribution >= 0.6 is 0 Å². The third-order valence-electron chi connectivity index (χ3n) is 3.99.